The molecule has 2 amide bonds. The van der Waals surface area contributed by atoms with E-state index >= 15 is 0 Å². The summed E-state index contributed by atoms with van der Waals surface area (Å²) in [7, 11) is 1.75. The van der Waals surface area contributed by atoms with Crippen LogP contribution in [0.15, 0.2) is 73.3 Å². The van der Waals surface area contributed by atoms with Crippen LogP contribution in [0.5, 0.6) is 5.75 Å². The Morgan fingerprint density at radius 2 is 1.77 bits per heavy atom. The van der Waals surface area contributed by atoms with Crippen LogP contribution in [0.1, 0.15) is 11.1 Å². The Labute approximate surface area is 152 Å². The Morgan fingerprint density at radius 1 is 1.00 bits per heavy atom. The lowest BCUT2D eigenvalue weighted by Crippen LogP contribution is -2.30. The SMILES string of the molecule is CN(Cc1ccncc1)C(=O)Nc1ccc(OCc2cccnc2)cc1. The fourth-order valence-corrected chi connectivity index (χ4v) is 2.34. The summed E-state index contributed by atoms with van der Waals surface area (Å²) in [6.45, 7) is 0.967. The average molecular weight is 348 g/mol. The van der Waals surface area contributed by atoms with E-state index in [1.807, 2.05) is 48.5 Å². The number of rotatable bonds is 6. The molecule has 0 bridgehead atoms. The number of aromatic nitrogens is 2. The van der Waals surface area contributed by atoms with Crippen LogP contribution >= 0.6 is 0 Å². The second-order valence-electron chi connectivity index (χ2n) is 5.82. The van der Waals surface area contributed by atoms with Crippen LogP contribution in [0.25, 0.3) is 0 Å². The number of carbonyl (C=O) groups is 1. The van der Waals surface area contributed by atoms with Gasteiger partial charge in [-0.2, -0.15) is 0 Å². The van der Waals surface area contributed by atoms with Gasteiger partial charge in [0.25, 0.3) is 0 Å². The van der Waals surface area contributed by atoms with Crippen molar-refractivity contribution in [2.45, 2.75) is 13.2 Å². The Morgan fingerprint density at radius 3 is 2.46 bits per heavy atom. The number of benzene rings is 1. The van der Waals surface area contributed by atoms with Gasteiger partial charge in [0.15, 0.2) is 0 Å². The summed E-state index contributed by atoms with van der Waals surface area (Å²) in [5.74, 6) is 0.733. The Kier molecular flexibility index (Phi) is 5.77. The molecule has 6 nitrogen and oxygen atoms in total. The first-order valence-corrected chi connectivity index (χ1v) is 8.23. The van der Waals surface area contributed by atoms with Gasteiger partial charge in [-0.25, -0.2) is 4.79 Å². The van der Waals surface area contributed by atoms with E-state index in [0.29, 0.717) is 18.8 Å². The smallest absolute Gasteiger partial charge is 0.321 e. The van der Waals surface area contributed by atoms with Crippen molar-refractivity contribution in [1.29, 1.82) is 0 Å². The van der Waals surface area contributed by atoms with Crippen molar-refractivity contribution >= 4 is 11.7 Å². The van der Waals surface area contributed by atoms with Crippen LogP contribution in [-0.2, 0) is 13.2 Å². The van der Waals surface area contributed by atoms with Crippen LogP contribution in [0, 0.1) is 0 Å². The molecule has 2 heterocycles. The van der Waals surface area contributed by atoms with E-state index in [-0.39, 0.29) is 6.03 Å². The van der Waals surface area contributed by atoms with Crippen molar-refractivity contribution in [2.24, 2.45) is 0 Å². The maximum atomic E-state index is 12.3. The summed E-state index contributed by atoms with van der Waals surface area (Å²) in [5, 5.41) is 2.87. The zero-order valence-corrected chi connectivity index (χ0v) is 14.5. The number of nitrogens with one attached hydrogen (secondary N) is 1. The van der Waals surface area contributed by atoms with Gasteiger partial charge < -0.3 is 15.0 Å². The molecule has 3 rings (SSSR count). The molecule has 132 valence electrons. The lowest BCUT2D eigenvalue weighted by Gasteiger charge is -2.18. The first kappa shape index (κ1) is 17.4. The third-order valence-corrected chi connectivity index (χ3v) is 3.75. The van der Waals surface area contributed by atoms with Gasteiger partial charge >= 0.3 is 6.03 Å². The highest BCUT2D eigenvalue weighted by Gasteiger charge is 2.09. The largest absolute Gasteiger partial charge is 0.489 e. The monoisotopic (exact) mass is 348 g/mol. The number of amides is 2. The molecular weight excluding hydrogens is 328 g/mol. The molecule has 0 saturated heterocycles. The quantitative estimate of drug-likeness (QED) is 0.737. The highest BCUT2D eigenvalue weighted by atomic mass is 16.5. The molecule has 0 spiro atoms. The molecule has 6 heteroatoms. The molecule has 1 aromatic carbocycles. The number of urea groups is 1. The van der Waals surface area contributed by atoms with Crippen molar-refractivity contribution < 1.29 is 9.53 Å². The molecule has 0 saturated carbocycles. The van der Waals surface area contributed by atoms with E-state index in [1.54, 1.807) is 36.7 Å². The summed E-state index contributed by atoms with van der Waals surface area (Å²) in [4.78, 5) is 21.9. The van der Waals surface area contributed by atoms with Gasteiger partial charge in [0.1, 0.15) is 12.4 Å². The predicted molar refractivity (Wildman–Crippen MR) is 99.7 cm³/mol. The van der Waals surface area contributed by atoms with Gasteiger partial charge in [-0.1, -0.05) is 6.07 Å². The second-order valence-corrected chi connectivity index (χ2v) is 5.82. The van der Waals surface area contributed by atoms with Crippen LogP contribution in [0.3, 0.4) is 0 Å². The molecule has 3 aromatic rings. The van der Waals surface area contributed by atoms with E-state index < -0.39 is 0 Å². The number of hydrogen-bond acceptors (Lipinski definition) is 4. The van der Waals surface area contributed by atoms with Gasteiger partial charge in [-0.05, 0) is 48.0 Å². The molecule has 26 heavy (non-hydrogen) atoms. The summed E-state index contributed by atoms with van der Waals surface area (Å²) < 4.78 is 5.71. The number of hydrogen-bond donors (Lipinski definition) is 1. The average Bonchev–Trinajstić information content (AvgIpc) is 2.69. The third-order valence-electron chi connectivity index (χ3n) is 3.75. The fourth-order valence-electron chi connectivity index (χ4n) is 2.34. The maximum Gasteiger partial charge on any atom is 0.321 e. The predicted octanol–water partition coefficient (Wildman–Crippen LogP) is 3.72. The minimum Gasteiger partial charge on any atom is -0.489 e. The van der Waals surface area contributed by atoms with Crippen molar-refractivity contribution in [2.75, 3.05) is 12.4 Å². The number of pyridine rings is 2. The number of nitrogens with zero attached hydrogens (tertiary/aromatic N) is 3. The van der Waals surface area contributed by atoms with Gasteiger partial charge in [0.2, 0.25) is 0 Å². The van der Waals surface area contributed by atoms with Crippen molar-refractivity contribution in [1.82, 2.24) is 14.9 Å². The fraction of sp³-hybridized carbons (Fsp3) is 0.150. The zero-order chi connectivity index (χ0) is 18.2. The molecule has 0 aliphatic rings. The summed E-state index contributed by atoms with van der Waals surface area (Å²) in [6, 6.07) is 14.7. The minimum atomic E-state index is -0.175. The Bertz CT molecular complexity index is 823. The molecule has 2 aromatic heterocycles. The third kappa shape index (κ3) is 5.04. The van der Waals surface area contributed by atoms with Crippen LogP contribution < -0.4 is 10.1 Å². The number of carbonyl (C=O) groups excluding carboxylic acids is 1. The highest BCUT2D eigenvalue weighted by Crippen LogP contribution is 2.17. The summed E-state index contributed by atoms with van der Waals surface area (Å²) in [6.07, 6.45) is 6.93. The van der Waals surface area contributed by atoms with Crippen molar-refractivity contribution in [3.63, 3.8) is 0 Å². The lowest BCUT2D eigenvalue weighted by atomic mass is 10.2. The normalized spacial score (nSPS) is 10.2. The number of ether oxygens (including phenoxy) is 1. The van der Waals surface area contributed by atoms with Gasteiger partial charge in [0.05, 0.1) is 0 Å². The van der Waals surface area contributed by atoms with Crippen molar-refractivity contribution in [3.05, 3.63) is 84.4 Å². The van der Waals surface area contributed by atoms with Gasteiger partial charge in [-0.3, -0.25) is 9.97 Å². The minimum absolute atomic E-state index is 0.175. The second kappa shape index (κ2) is 8.62. The molecule has 0 aliphatic carbocycles. The van der Waals surface area contributed by atoms with E-state index in [2.05, 4.69) is 15.3 Å². The summed E-state index contributed by atoms with van der Waals surface area (Å²) >= 11 is 0. The number of anilines is 1. The Balaban J connectivity index is 1.51. The van der Waals surface area contributed by atoms with Crippen LogP contribution in [-0.4, -0.2) is 27.9 Å². The summed E-state index contributed by atoms with van der Waals surface area (Å²) in [5.41, 5.74) is 2.74. The standard InChI is InChI=1S/C20H20N4O2/c1-24(14-16-8-11-21-12-9-16)20(25)23-18-4-6-19(7-5-18)26-15-17-3-2-10-22-13-17/h2-13H,14-15H2,1H3,(H,23,25). The van der Waals surface area contributed by atoms with E-state index in [0.717, 1.165) is 16.9 Å². The first-order chi connectivity index (χ1) is 12.7. The first-order valence-electron chi connectivity index (χ1n) is 8.23. The molecule has 0 atom stereocenters. The van der Waals surface area contributed by atoms with E-state index in [1.165, 1.54) is 0 Å². The van der Waals surface area contributed by atoms with E-state index in [9.17, 15) is 4.79 Å². The topological polar surface area (TPSA) is 67.4 Å². The van der Waals surface area contributed by atoms with E-state index in [4.69, 9.17) is 4.74 Å². The molecule has 0 aliphatic heterocycles. The zero-order valence-electron chi connectivity index (χ0n) is 14.5. The lowest BCUT2D eigenvalue weighted by molar-refractivity contribution is 0.220. The molecule has 0 fully saturated rings. The van der Waals surface area contributed by atoms with Crippen LogP contribution in [0.4, 0.5) is 10.5 Å². The highest BCUT2D eigenvalue weighted by molar-refractivity contribution is 5.89. The molecule has 0 radical (unpaired) electrons. The van der Waals surface area contributed by atoms with Crippen LogP contribution in [0.2, 0.25) is 0 Å². The Hall–Kier alpha value is -3.41. The van der Waals surface area contributed by atoms with Gasteiger partial charge in [0, 0.05) is 49.6 Å². The molecule has 0 unspecified atom stereocenters. The van der Waals surface area contributed by atoms with Gasteiger partial charge in [-0.15, -0.1) is 0 Å². The maximum absolute atomic E-state index is 12.3. The van der Waals surface area contributed by atoms with Crippen molar-refractivity contribution in [3.8, 4) is 5.75 Å². The molecule has 1 N–H and O–H groups in total. The molecular formula is C20H20N4O2.